The van der Waals surface area contributed by atoms with Gasteiger partial charge in [-0.25, -0.2) is 0 Å². The molecule has 0 unspecified atom stereocenters. The van der Waals surface area contributed by atoms with E-state index >= 15 is 0 Å². The van der Waals surface area contributed by atoms with E-state index < -0.39 is 0 Å². The topological polar surface area (TPSA) is 77.1 Å². The predicted molar refractivity (Wildman–Crippen MR) is 107 cm³/mol. The Balaban J connectivity index is 1.48. The molecule has 2 aromatic heterocycles. The van der Waals surface area contributed by atoms with Crippen molar-refractivity contribution in [1.29, 1.82) is 0 Å². The van der Waals surface area contributed by atoms with Gasteiger partial charge in [-0.3, -0.25) is 9.48 Å². The van der Waals surface area contributed by atoms with Crippen LogP contribution in [0.2, 0.25) is 0 Å². The minimum Gasteiger partial charge on any atom is -0.334 e. The second-order valence-electron chi connectivity index (χ2n) is 7.03. The molecule has 0 aliphatic carbocycles. The monoisotopic (exact) mass is 385 g/mol. The maximum atomic E-state index is 12.9. The van der Waals surface area contributed by atoms with Crippen molar-refractivity contribution in [3.05, 3.63) is 77.5 Å². The molecule has 0 fully saturated rings. The fraction of sp³-hybridized carbons (Fsp3) is 0.182. The summed E-state index contributed by atoms with van der Waals surface area (Å²) in [6.07, 6.45) is 0.733. The zero-order chi connectivity index (χ0) is 19.8. The third-order valence-corrected chi connectivity index (χ3v) is 5.21. The van der Waals surface area contributed by atoms with E-state index in [9.17, 15) is 4.79 Å². The minimum atomic E-state index is 0.0153. The summed E-state index contributed by atoms with van der Waals surface area (Å²) < 4.78 is 7.37. The van der Waals surface area contributed by atoms with Crippen molar-refractivity contribution in [1.82, 2.24) is 24.8 Å². The quantitative estimate of drug-likeness (QED) is 0.541. The van der Waals surface area contributed by atoms with Gasteiger partial charge >= 0.3 is 0 Å². The number of hydrogen-bond acceptors (Lipinski definition) is 5. The molecule has 5 rings (SSSR count). The van der Waals surface area contributed by atoms with Crippen LogP contribution in [-0.4, -0.2) is 37.3 Å². The number of fused-ring (bicyclic) bond motifs is 1. The van der Waals surface area contributed by atoms with Gasteiger partial charge in [0.1, 0.15) is 0 Å². The Morgan fingerprint density at radius 1 is 1.03 bits per heavy atom. The van der Waals surface area contributed by atoms with Gasteiger partial charge in [0.05, 0.1) is 6.54 Å². The van der Waals surface area contributed by atoms with Gasteiger partial charge in [0.25, 0.3) is 11.8 Å². The smallest absolute Gasteiger partial charge is 0.279 e. The van der Waals surface area contributed by atoms with Gasteiger partial charge in [0.2, 0.25) is 5.82 Å². The lowest BCUT2D eigenvalue weighted by Crippen LogP contribution is -2.36. The van der Waals surface area contributed by atoms with E-state index in [0.29, 0.717) is 36.1 Å². The number of rotatable bonds is 3. The second kappa shape index (κ2) is 7.01. The molecule has 144 valence electrons. The standard InChI is InChI=1S/C22H19N5O2/c1-26-18-12-13-27(22(28)16-10-6-3-7-11-16)14-17(18)19(24-26)21-23-20(25-29-21)15-8-4-2-5-9-15/h2-11H,12-14H2,1H3. The molecule has 0 bridgehead atoms. The van der Waals surface area contributed by atoms with Crippen LogP contribution in [0.1, 0.15) is 21.6 Å². The molecule has 1 aliphatic rings. The summed E-state index contributed by atoms with van der Waals surface area (Å²) in [6, 6.07) is 19.0. The maximum absolute atomic E-state index is 12.9. The van der Waals surface area contributed by atoms with Gasteiger partial charge in [0, 0.05) is 42.4 Å². The Hall–Kier alpha value is -3.74. The lowest BCUT2D eigenvalue weighted by Gasteiger charge is -2.27. The summed E-state index contributed by atoms with van der Waals surface area (Å²) >= 11 is 0. The molecule has 0 spiro atoms. The Morgan fingerprint density at radius 3 is 2.52 bits per heavy atom. The van der Waals surface area contributed by atoms with Crippen LogP contribution in [0.3, 0.4) is 0 Å². The van der Waals surface area contributed by atoms with E-state index in [1.807, 2.05) is 77.3 Å². The van der Waals surface area contributed by atoms with Crippen LogP contribution in [-0.2, 0) is 20.0 Å². The normalized spacial score (nSPS) is 13.3. The Morgan fingerprint density at radius 2 is 1.76 bits per heavy atom. The number of carbonyl (C=O) groups excluding carboxylic acids is 1. The first kappa shape index (κ1) is 17.4. The summed E-state index contributed by atoms with van der Waals surface area (Å²) in [4.78, 5) is 19.3. The van der Waals surface area contributed by atoms with Crippen LogP contribution in [0.5, 0.6) is 0 Å². The molecule has 29 heavy (non-hydrogen) atoms. The summed E-state index contributed by atoms with van der Waals surface area (Å²) in [7, 11) is 1.91. The Bertz CT molecular complexity index is 1160. The lowest BCUT2D eigenvalue weighted by atomic mass is 10.0. The molecule has 0 saturated heterocycles. The summed E-state index contributed by atoms with van der Waals surface area (Å²) in [5.41, 5.74) is 4.27. The zero-order valence-electron chi connectivity index (χ0n) is 15.9. The van der Waals surface area contributed by atoms with Crippen LogP contribution in [0.4, 0.5) is 0 Å². The molecule has 0 saturated carbocycles. The summed E-state index contributed by atoms with van der Waals surface area (Å²) in [6.45, 7) is 1.12. The van der Waals surface area contributed by atoms with Crippen molar-refractivity contribution in [3.8, 4) is 23.0 Å². The molecule has 7 heteroatoms. The molecule has 1 aliphatic heterocycles. The summed E-state index contributed by atoms with van der Waals surface area (Å²) in [5, 5.41) is 8.73. The molecule has 3 heterocycles. The molecule has 2 aromatic carbocycles. The van der Waals surface area contributed by atoms with Crippen molar-refractivity contribution in [2.75, 3.05) is 6.54 Å². The molecule has 0 N–H and O–H groups in total. The first-order chi connectivity index (χ1) is 14.2. The number of carbonyl (C=O) groups is 1. The van der Waals surface area contributed by atoms with Crippen molar-refractivity contribution in [2.45, 2.75) is 13.0 Å². The lowest BCUT2D eigenvalue weighted by molar-refractivity contribution is 0.0733. The second-order valence-corrected chi connectivity index (χ2v) is 7.03. The van der Waals surface area contributed by atoms with Gasteiger partial charge in [-0.2, -0.15) is 10.1 Å². The van der Waals surface area contributed by atoms with Crippen molar-refractivity contribution < 1.29 is 9.32 Å². The van der Waals surface area contributed by atoms with Gasteiger partial charge < -0.3 is 9.42 Å². The Kier molecular flexibility index (Phi) is 4.20. The molecular formula is C22H19N5O2. The van der Waals surface area contributed by atoms with Crippen LogP contribution in [0.15, 0.2) is 65.2 Å². The minimum absolute atomic E-state index is 0.0153. The first-order valence-corrected chi connectivity index (χ1v) is 9.49. The third kappa shape index (κ3) is 3.10. The fourth-order valence-electron chi connectivity index (χ4n) is 3.72. The Labute approximate surface area is 167 Å². The van der Waals surface area contributed by atoms with E-state index in [1.54, 1.807) is 0 Å². The SMILES string of the molecule is Cn1nc(-c2nc(-c3ccccc3)no2)c2c1CCN(C(=O)c1ccccc1)C2. The van der Waals surface area contributed by atoms with Crippen LogP contribution in [0.25, 0.3) is 23.0 Å². The highest BCUT2D eigenvalue weighted by Crippen LogP contribution is 2.30. The molecule has 0 atom stereocenters. The largest absolute Gasteiger partial charge is 0.334 e. The van der Waals surface area contributed by atoms with Gasteiger partial charge in [-0.05, 0) is 12.1 Å². The highest BCUT2D eigenvalue weighted by Gasteiger charge is 2.29. The van der Waals surface area contributed by atoms with Gasteiger partial charge in [0.15, 0.2) is 5.69 Å². The fourth-order valence-corrected chi connectivity index (χ4v) is 3.72. The predicted octanol–water partition coefficient (Wildman–Crippen LogP) is 3.34. The number of aryl methyl sites for hydroxylation is 1. The van der Waals surface area contributed by atoms with Crippen molar-refractivity contribution in [2.24, 2.45) is 7.05 Å². The van der Waals surface area contributed by atoms with E-state index in [4.69, 9.17) is 4.52 Å². The van der Waals surface area contributed by atoms with Crippen molar-refractivity contribution in [3.63, 3.8) is 0 Å². The van der Waals surface area contributed by atoms with Crippen LogP contribution < -0.4 is 0 Å². The van der Waals surface area contributed by atoms with Crippen LogP contribution in [0, 0.1) is 0 Å². The third-order valence-electron chi connectivity index (χ3n) is 5.21. The molecule has 4 aromatic rings. The van der Waals surface area contributed by atoms with E-state index in [2.05, 4.69) is 15.2 Å². The van der Waals surface area contributed by atoms with E-state index in [1.165, 1.54) is 0 Å². The number of nitrogens with zero attached hydrogens (tertiary/aromatic N) is 5. The van der Waals surface area contributed by atoms with Gasteiger partial charge in [-0.1, -0.05) is 53.7 Å². The average Bonchev–Trinajstić information content (AvgIpc) is 3.39. The van der Waals surface area contributed by atoms with Crippen molar-refractivity contribution >= 4 is 5.91 Å². The summed E-state index contributed by atoms with van der Waals surface area (Å²) in [5.74, 6) is 0.907. The zero-order valence-corrected chi connectivity index (χ0v) is 15.9. The molecule has 0 radical (unpaired) electrons. The van der Waals surface area contributed by atoms with E-state index in [-0.39, 0.29) is 5.91 Å². The molecule has 1 amide bonds. The average molecular weight is 385 g/mol. The number of aromatic nitrogens is 4. The molecule has 7 nitrogen and oxygen atoms in total. The van der Waals surface area contributed by atoms with Gasteiger partial charge in [-0.15, -0.1) is 0 Å². The molecular weight excluding hydrogens is 366 g/mol. The maximum Gasteiger partial charge on any atom is 0.279 e. The first-order valence-electron chi connectivity index (χ1n) is 9.49. The highest BCUT2D eigenvalue weighted by molar-refractivity contribution is 5.94. The van der Waals surface area contributed by atoms with Crippen LogP contribution >= 0.6 is 0 Å². The number of amides is 1. The number of hydrogen-bond donors (Lipinski definition) is 0. The number of benzene rings is 2. The highest BCUT2D eigenvalue weighted by atomic mass is 16.5. The van der Waals surface area contributed by atoms with E-state index in [0.717, 1.165) is 23.2 Å².